The van der Waals surface area contributed by atoms with Crippen molar-refractivity contribution in [2.24, 2.45) is 0 Å². The third kappa shape index (κ3) is 8.01. The number of hydrogen-bond acceptors (Lipinski definition) is 7. The van der Waals surface area contributed by atoms with Crippen molar-refractivity contribution >= 4 is 30.0 Å². The van der Waals surface area contributed by atoms with Crippen LogP contribution in [0.2, 0.25) is 18.1 Å². The summed E-state index contributed by atoms with van der Waals surface area (Å²) in [5.74, 6) is 1.94. The number of aliphatic hydroxyl groups is 1. The fourth-order valence-electron chi connectivity index (χ4n) is 4.38. The van der Waals surface area contributed by atoms with Crippen LogP contribution in [0, 0.1) is 0 Å². The number of aliphatic hydroxyl groups excluding tert-OH is 1. The molecule has 4 aromatic rings. The topological polar surface area (TPSA) is 99.4 Å². The van der Waals surface area contributed by atoms with E-state index in [4.69, 9.17) is 24.2 Å². The molecule has 0 unspecified atom stereocenters. The number of nitrogens with zero attached hydrogens (tertiary/aromatic N) is 4. The highest BCUT2D eigenvalue weighted by atomic mass is 32.2. The van der Waals surface area contributed by atoms with E-state index < -0.39 is 19.1 Å². The number of rotatable bonds is 12. The lowest BCUT2D eigenvalue weighted by Gasteiger charge is -2.36. The van der Waals surface area contributed by atoms with Gasteiger partial charge in [-0.15, -0.1) is 0 Å². The van der Waals surface area contributed by atoms with E-state index in [1.807, 2.05) is 67.9 Å². The van der Waals surface area contributed by atoms with Gasteiger partial charge in [-0.25, -0.2) is 9.67 Å². The number of pyridine rings is 2. The van der Waals surface area contributed by atoms with E-state index in [1.165, 1.54) is 0 Å². The van der Waals surface area contributed by atoms with Crippen LogP contribution in [-0.2, 0) is 21.8 Å². The van der Waals surface area contributed by atoms with Gasteiger partial charge in [0.15, 0.2) is 14.1 Å². The molecule has 0 radical (unpaired) electrons. The monoisotopic (exact) mass is 636 g/mol. The molecule has 44 heavy (non-hydrogen) atoms. The summed E-state index contributed by atoms with van der Waals surface area (Å²) in [5, 5.41) is 15.0. The first-order chi connectivity index (χ1) is 20.6. The van der Waals surface area contributed by atoms with Crippen molar-refractivity contribution in [2.45, 2.75) is 90.3 Å². The van der Waals surface area contributed by atoms with E-state index in [1.54, 1.807) is 6.20 Å². The summed E-state index contributed by atoms with van der Waals surface area (Å²) in [6.45, 7) is 20.1. The normalized spacial score (nSPS) is 14.1. The maximum absolute atomic E-state index is 12.8. The van der Waals surface area contributed by atoms with Crippen molar-refractivity contribution in [1.82, 2.24) is 19.7 Å². The molecule has 3 heterocycles. The molecule has 1 N–H and O–H groups in total. The predicted molar refractivity (Wildman–Crippen MR) is 182 cm³/mol. The summed E-state index contributed by atoms with van der Waals surface area (Å²) in [4.78, 5) is 9.92. The highest BCUT2D eigenvalue weighted by Gasteiger charge is 2.37. The second-order valence-corrected chi connectivity index (χ2v) is 21.0. The minimum Gasteiger partial charge on any atom is -0.493 e. The molecular formula is C34H48N4O4SSi. The quantitative estimate of drug-likeness (QED) is 0.128. The lowest BCUT2D eigenvalue weighted by Crippen LogP contribution is -2.40. The first kappa shape index (κ1) is 34.0. The van der Waals surface area contributed by atoms with Crippen LogP contribution >= 0.6 is 0 Å². The molecule has 4 rings (SSSR count). The zero-order valence-corrected chi connectivity index (χ0v) is 29.5. The van der Waals surface area contributed by atoms with Crippen LogP contribution in [0.25, 0.3) is 28.0 Å². The summed E-state index contributed by atoms with van der Waals surface area (Å²) in [5.41, 5.74) is 4.25. The number of fused-ring (bicyclic) bond motifs is 1. The Bertz CT molecular complexity index is 1610. The number of ether oxygens (including phenoxy) is 1. The number of benzene rings is 1. The molecule has 3 aromatic heterocycles. The molecule has 0 amide bonds. The van der Waals surface area contributed by atoms with Crippen LogP contribution in [0.15, 0.2) is 54.7 Å². The summed E-state index contributed by atoms with van der Waals surface area (Å²) >= 11 is 0. The highest BCUT2D eigenvalue weighted by molar-refractivity contribution is 7.86. The van der Waals surface area contributed by atoms with Crippen LogP contribution in [0.1, 0.15) is 72.2 Å². The molecule has 0 saturated heterocycles. The zero-order chi connectivity index (χ0) is 32.3. The maximum Gasteiger partial charge on any atom is 0.192 e. The summed E-state index contributed by atoms with van der Waals surface area (Å²) < 4.78 is 27.0. The second kappa shape index (κ2) is 13.6. The van der Waals surface area contributed by atoms with E-state index in [2.05, 4.69) is 46.9 Å². The Hall–Kier alpha value is -2.92. The van der Waals surface area contributed by atoms with Crippen molar-refractivity contribution in [3.8, 4) is 22.8 Å². The fraction of sp³-hybridized carbons (Fsp3) is 0.500. The molecule has 238 valence electrons. The van der Waals surface area contributed by atoms with Crippen LogP contribution in [0.5, 0.6) is 5.75 Å². The van der Waals surface area contributed by atoms with E-state index in [9.17, 15) is 9.32 Å². The Balaban J connectivity index is 1.73. The van der Waals surface area contributed by atoms with Crippen LogP contribution in [0.4, 0.5) is 0 Å². The van der Waals surface area contributed by atoms with Gasteiger partial charge >= 0.3 is 0 Å². The number of aromatic nitrogens is 4. The van der Waals surface area contributed by atoms with Gasteiger partial charge in [-0.05, 0) is 75.3 Å². The van der Waals surface area contributed by atoms with Gasteiger partial charge in [0.25, 0.3) is 0 Å². The summed E-state index contributed by atoms with van der Waals surface area (Å²) in [7, 11) is -2.92. The minimum atomic E-state index is -1.94. The van der Waals surface area contributed by atoms with Crippen molar-refractivity contribution in [3.63, 3.8) is 0 Å². The van der Waals surface area contributed by atoms with Gasteiger partial charge in [-0.1, -0.05) is 39.8 Å². The van der Waals surface area contributed by atoms with Crippen molar-refractivity contribution in [3.05, 3.63) is 66.1 Å². The standard InChI is InChI=1S/C34H48N4O4SSi/c1-24(23-43(40)33(2,3)4)28-14-11-15-29(37-28)25-19-30-27(31(20-25)41-18-12-17-39)21-35-38(30)32-16-10-13-26(36-32)22-42-44(8,9)34(5,6)7/h10-11,13-16,19-21,24,39H,12,17-18,22-23H2,1-9H3/t24-,43+/m1/s1. The Morgan fingerprint density at radius 2 is 1.75 bits per heavy atom. The van der Waals surface area contributed by atoms with Crippen molar-refractivity contribution < 1.29 is 18.5 Å². The van der Waals surface area contributed by atoms with Gasteiger partial charge in [0.2, 0.25) is 0 Å². The molecule has 10 heteroatoms. The predicted octanol–water partition coefficient (Wildman–Crippen LogP) is 7.42. The SMILES string of the molecule is C[C@H](C[S@](=O)C(C)(C)C)c1cccc(-c2cc(OCCCO)c3cnn(-c4cccc(CO[Si](C)(C)C(C)(C)C)n4)c3c2)n1. The van der Waals surface area contributed by atoms with E-state index in [0.29, 0.717) is 37.0 Å². The Labute approximate surface area is 265 Å². The molecule has 0 bridgehead atoms. The molecule has 0 spiro atoms. The van der Waals surface area contributed by atoms with E-state index in [0.717, 1.165) is 33.5 Å². The van der Waals surface area contributed by atoms with Crippen LogP contribution in [-0.4, -0.2) is 61.1 Å². The van der Waals surface area contributed by atoms with Gasteiger partial charge in [0.05, 0.1) is 41.7 Å². The molecular weight excluding hydrogens is 589 g/mol. The van der Waals surface area contributed by atoms with Crippen molar-refractivity contribution in [1.29, 1.82) is 0 Å². The highest BCUT2D eigenvalue weighted by Crippen LogP contribution is 2.37. The lowest BCUT2D eigenvalue weighted by atomic mass is 10.1. The first-order valence-corrected chi connectivity index (χ1v) is 19.5. The largest absolute Gasteiger partial charge is 0.493 e. The average Bonchev–Trinajstić information content (AvgIpc) is 3.40. The summed E-state index contributed by atoms with van der Waals surface area (Å²) in [6.07, 6.45) is 2.31. The minimum absolute atomic E-state index is 0.0324. The van der Waals surface area contributed by atoms with Gasteiger partial charge in [-0.3, -0.25) is 9.19 Å². The van der Waals surface area contributed by atoms with Crippen LogP contribution in [0.3, 0.4) is 0 Å². The third-order valence-corrected chi connectivity index (χ3v) is 14.9. The van der Waals surface area contributed by atoms with Gasteiger partial charge in [0.1, 0.15) is 5.75 Å². The van der Waals surface area contributed by atoms with Gasteiger partial charge < -0.3 is 14.3 Å². The Morgan fingerprint density at radius 3 is 2.43 bits per heavy atom. The fourth-order valence-corrected chi connectivity index (χ4v) is 6.44. The smallest absolute Gasteiger partial charge is 0.192 e. The Morgan fingerprint density at radius 1 is 1.02 bits per heavy atom. The van der Waals surface area contributed by atoms with Gasteiger partial charge in [0, 0.05) is 51.5 Å². The van der Waals surface area contributed by atoms with Crippen molar-refractivity contribution in [2.75, 3.05) is 19.0 Å². The second-order valence-electron chi connectivity index (χ2n) is 13.9. The van der Waals surface area contributed by atoms with E-state index in [-0.39, 0.29) is 22.3 Å². The van der Waals surface area contributed by atoms with Crippen LogP contribution < -0.4 is 4.74 Å². The number of hydrogen-bond donors (Lipinski definition) is 1. The molecule has 0 aliphatic heterocycles. The average molecular weight is 637 g/mol. The summed E-state index contributed by atoms with van der Waals surface area (Å²) in [6, 6.07) is 15.9. The molecule has 0 fully saturated rings. The molecule has 8 nitrogen and oxygen atoms in total. The van der Waals surface area contributed by atoms with E-state index >= 15 is 0 Å². The Kier molecular flexibility index (Phi) is 10.5. The third-order valence-electron chi connectivity index (χ3n) is 8.26. The maximum atomic E-state index is 12.8. The molecule has 2 atom stereocenters. The molecule has 0 aliphatic rings. The van der Waals surface area contributed by atoms with Gasteiger partial charge in [-0.2, -0.15) is 5.10 Å². The molecule has 0 saturated carbocycles. The zero-order valence-electron chi connectivity index (χ0n) is 27.7. The lowest BCUT2D eigenvalue weighted by molar-refractivity contribution is 0.235. The first-order valence-electron chi connectivity index (χ1n) is 15.3. The molecule has 0 aliphatic carbocycles. The molecule has 1 aromatic carbocycles.